The highest BCUT2D eigenvalue weighted by molar-refractivity contribution is 8.18. The van der Waals surface area contributed by atoms with Crippen molar-refractivity contribution in [1.29, 1.82) is 0 Å². The van der Waals surface area contributed by atoms with Gasteiger partial charge in [0, 0.05) is 0 Å². The summed E-state index contributed by atoms with van der Waals surface area (Å²) in [5, 5.41) is -0.503. The zero-order valence-electron chi connectivity index (χ0n) is 17.3. The molecular formula is C23H23NO6S. The molecule has 2 amide bonds. The molecule has 3 rings (SSSR count). The van der Waals surface area contributed by atoms with Crippen molar-refractivity contribution in [1.82, 2.24) is 4.90 Å². The Kier molecular flexibility index (Phi) is 7.72. The predicted molar refractivity (Wildman–Crippen MR) is 118 cm³/mol. The largest absolute Gasteiger partial charge is 0.490 e. The van der Waals surface area contributed by atoms with E-state index in [1.165, 1.54) is 0 Å². The number of hydrogen-bond acceptors (Lipinski definition) is 7. The van der Waals surface area contributed by atoms with Gasteiger partial charge in [-0.3, -0.25) is 19.3 Å². The van der Waals surface area contributed by atoms with E-state index in [9.17, 15) is 14.4 Å². The maximum absolute atomic E-state index is 12.5. The Morgan fingerprint density at radius 2 is 1.77 bits per heavy atom. The standard InChI is InChI=1S/C23H23NO6S/c1-3-28-19-12-17(10-11-18(19)30-15-16-8-6-5-7-9-16)13-20-22(26)24(23(27)31-20)14-21(25)29-4-2/h5-13H,3-4,14-15H2,1-2H3/b20-13+. The Hall–Kier alpha value is -3.26. The number of esters is 1. The summed E-state index contributed by atoms with van der Waals surface area (Å²) in [4.78, 5) is 37.5. The molecule has 0 aromatic heterocycles. The van der Waals surface area contributed by atoms with Crippen molar-refractivity contribution in [3.8, 4) is 11.5 Å². The van der Waals surface area contributed by atoms with E-state index in [2.05, 4.69) is 0 Å². The molecule has 1 saturated heterocycles. The minimum Gasteiger partial charge on any atom is -0.490 e. The number of ether oxygens (including phenoxy) is 3. The number of nitrogens with zero attached hydrogens (tertiary/aromatic N) is 1. The maximum Gasteiger partial charge on any atom is 0.326 e. The lowest BCUT2D eigenvalue weighted by molar-refractivity contribution is -0.145. The lowest BCUT2D eigenvalue weighted by Crippen LogP contribution is -2.34. The van der Waals surface area contributed by atoms with Crippen LogP contribution < -0.4 is 9.47 Å². The van der Waals surface area contributed by atoms with Gasteiger partial charge >= 0.3 is 5.97 Å². The fourth-order valence-electron chi connectivity index (χ4n) is 2.86. The first-order chi connectivity index (χ1) is 15.0. The van der Waals surface area contributed by atoms with Crippen LogP contribution in [0.5, 0.6) is 11.5 Å². The van der Waals surface area contributed by atoms with Gasteiger partial charge in [-0.15, -0.1) is 0 Å². The number of carbonyl (C=O) groups excluding carboxylic acids is 3. The van der Waals surface area contributed by atoms with Crippen LogP contribution in [0.2, 0.25) is 0 Å². The van der Waals surface area contributed by atoms with Gasteiger partial charge in [-0.2, -0.15) is 0 Å². The Labute approximate surface area is 185 Å². The van der Waals surface area contributed by atoms with Gasteiger partial charge in [-0.05, 0) is 54.9 Å². The van der Waals surface area contributed by atoms with E-state index in [0.29, 0.717) is 30.3 Å². The predicted octanol–water partition coefficient (Wildman–Crippen LogP) is 4.26. The number of carbonyl (C=O) groups is 3. The molecule has 0 radical (unpaired) electrons. The Bertz CT molecular complexity index is 989. The topological polar surface area (TPSA) is 82.1 Å². The lowest BCUT2D eigenvalue weighted by Gasteiger charge is -2.13. The maximum atomic E-state index is 12.5. The van der Waals surface area contributed by atoms with Crippen molar-refractivity contribution in [2.75, 3.05) is 19.8 Å². The summed E-state index contributed by atoms with van der Waals surface area (Å²) >= 11 is 0.786. The van der Waals surface area contributed by atoms with Crippen LogP contribution in [0.15, 0.2) is 53.4 Å². The average Bonchev–Trinajstić information content (AvgIpc) is 3.01. The van der Waals surface area contributed by atoms with Crippen molar-refractivity contribution in [2.45, 2.75) is 20.5 Å². The van der Waals surface area contributed by atoms with Gasteiger partial charge in [0.05, 0.1) is 18.1 Å². The normalized spacial score (nSPS) is 14.8. The molecule has 162 valence electrons. The third kappa shape index (κ3) is 5.88. The molecular weight excluding hydrogens is 418 g/mol. The average molecular weight is 442 g/mol. The molecule has 1 aliphatic rings. The molecule has 0 N–H and O–H groups in total. The minimum absolute atomic E-state index is 0.184. The molecule has 31 heavy (non-hydrogen) atoms. The van der Waals surface area contributed by atoms with Gasteiger partial charge in [0.1, 0.15) is 13.2 Å². The third-order valence-electron chi connectivity index (χ3n) is 4.27. The van der Waals surface area contributed by atoms with Gasteiger partial charge < -0.3 is 14.2 Å². The molecule has 0 bridgehead atoms. The second-order valence-electron chi connectivity index (χ2n) is 6.49. The molecule has 0 saturated carbocycles. The number of benzene rings is 2. The van der Waals surface area contributed by atoms with Gasteiger partial charge in [-0.1, -0.05) is 36.4 Å². The fourth-order valence-corrected chi connectivity index (χ4v) is 3.70. The van der Waals surface area contributed by atoms with Gasteiger partial charge in [-0.25, -0.2) is 0 Å². The first kappa shape index (κ1) is 22.4. The summed E-state index contributed by atoms with van der Waals surface area (Å²) in [5.74, 6) is -0.0220. The van der Waals surface area contributed by atoms with Crippen LogP contribution in [-0.2, 0) is 20.9 Å². The highest BCUT2D eigenvalue weighted by Gasteiger charge is 2.36. The zero-order valence-corrected chi connectivity index (χ0v) is 18.1. The van der Waals surface area contributed by atoms with Crippen LogP contribution in [0.1, 0.15) is 25.0 Å². The summed E-state index contributed by atoms with van der Waals surface area (Å²) in [6.45, 7) is 4.16. The molecule has 1 fully saturated rings. The third-order valence-corrected chi connectivity index (χ3v) is 5.18. The van der Waals surface area contributed by atoms with Crippen LogP contribution in [-0.4, -0.2) is 41.8 Å². The monoisotopic (exact) mass is 441 g/mol. The van der Waals surface area contributed by atoms with Gasteiger partial charge in [0.15, 0.2) is 11.5 Å². The van der Waals surface area contributed by atoms with E-state index in [1.54, 1.807) is 31.2 Å². The van der Waals surface area contributed by atoms with E-state index in [1.807, 2.05) is 37.3 Å². The fraction of sp³-hybridized carbons (Fsp3) is 0.261. The molecule has 7 nitrogen and oxygen atoms in total. The second-order valence-corrected chi connectivity index (χ2v) is 7.48. The second kappa shape index (κ2) is 10.7. The molecule has 8 heteroatoms. The van der Waals surface area contributed by atoms with Crippen LogP contribution in [0.3, 0.4) is 0 Å². The van der Waals surface area contributed by atoms with Crippen molar-refractivity contribution in [3.05, 3.63) is 64.6 Å². The SMILES string of the molecule is CCOC(=O)CN1C(=O)S/C(=C/c2ccc(OCc3ccccc3)c(OCC)c2)C1=O. The molecule has 0 spiro atoms. The minimum atomic E-state index is -0.621. The van der Waals surface area contributed by atoms with E-state index in [-0.39, 0.29) is 11.5 Å². The Morgan fingerprint density at radius 3 is 2.48 bits per heavy atom. The number of thioether (sulfide) groups is 1. The summed E-state index contributed by atoms with van der Waals surface area (Å²) < 4.78 is 16.4. The molecule has 2 aromatic rings. The summed E-state index contributed by atoms with van der Waals surface area (Å²) in [6, 6.07) is 15.1. The number of rotatable bonds is 9. The molecule has 0 unspecified atom stereocenters. The van der Waals surface area contributed by atoms with Crippen molar-refractivity contribution < 1.29 is 28.6 Å². The van der Waals surface area contributed by atoms with E-state index >= 15 is 0 Å². The summed E-state index contributed by atoms with van der Waals surface area (Å²) in [7, 11) is 0. The van der Waals surface area contributed by atoms with Crippen LogP contribution >= 0.6 is 11.8 Å². The molecule has 1 heterocycles. The molecule has 0 atom stereocenters. The summed E-state index contributed by atoms with van der Waals surface area (Å²) in [6.07, 6.45) is 1.60. The first-order valence-electron chi connectivity index (χ1n) is 9.86. The molecule has 2 aromatic carbocycles. The van der Waals surface area contributed by atoms with E-state index in [4.69, 9.17) is 14.2 Å². The zero-order chi connectivity index (χ0) is 22.2. The van der Waals surface area contributed by atoms with Crippen LogP contribution in [0.25, 0.3) is 6.08 Å². The van der Waals surface area contributed by atoms with E-state index < -0.39 is 23.7 Å². The summed E-state index contributed by atoms with van der Waals surface area (Å²) in [5.41, 5.74) is 1.71. The quantitative estimate of drug-likeness (QED) is 0.425. The Morgan fingerprint density at radius 1 is 1.00 bits per heavy atom. The number of hydrogen-bond donors (Lipinski definition) is 0. The van der Waals surface area contributed by atoms with Gasteiger partial charge in [0.25, 0.3) is 11.1 Å². The molecule has 0 aliphatic carbocycles. The van der Waals surface area contributed by atoms with Crippen molar-refractivity contribution in [2.24, 2.45) is 0 Å². The highest BCUT2D eigenvalue weighted by atomic mass is 32.2. The van der Waals surface area contributed by atoms with Crippen molar-refractivity contribution >= 4 is 35.0 Å². The van der Waals surface area contributed by atoms with Gasteiger partial charge in [0.2, 0.25) is 0 Å². The van der Waals surface area contributed by atoms with Crippen LogP contribution in [0.4, 0.5) is 4.79 Å². The smallest absolute Gasteiger partial charge is 0.326 e. The van der Waals surface area contributed by atoms with Crippen molar-refractivity contribution in [3.63, 3.8) is 0 Å². The molecule has 1 aliphatic heterocycles. The van der Waals surface area contributed by atoms with E-state index in [0.717, 1.165) is 22.2 Å². The first-order valence-corrected chi connectivity index (χ1v) is 10.7. The number of imide groups is 1. The number of amides is 2. The van der Waals surface area contributed by atoms with Crippen LogP contribution in [0, 0.1) is 0 Å². The highest BCUT2D eigenvalue weighted by Crippen LogP contribution is 2.35. The lowest BCUT2D eigenvalue weighted by atomic mass is 10.1. The Balaban J connectivity index is 1.75.